The number of hydrogen-bond donors (Lipinski definition) is 2. The van der Waals surface area contributed by atoms with E-state index in [1.807, 2.05) is 30.3 Å². The Morgan fingerprint density at radius 1 is 1.13 bits per heavy atom. The minimum absolute atomic E-state index is 0.263. The van der Waals surface area contributed by atoms with E-state index >= 15 is 0 Å². The lowest BCUT2D eigenvalue weighted by atomic mass is 10.2. The molecule has 0 unspecified atom stereocenters. The first kappa shape index (κ1) is 18.1. The molecule has 0 aliphatic rings. The van der Waals surface area contributed by atoms with Gasteiger partial charge in [-0.05, 0) is 18.2 Å². The Hall–Kier alpha value is -3.91. The zero-order chi connectivity index (χ0) is 20.5. The van der Waals surface area contributed by atoms with Crippen LogP contribution in [0, 0.1) is 0 Å². The Labute approximate surface area is 175 Å². The molecule has 0 atom stereocenters. The van der Waals surface area contributed by atoms with Crippen molar-refractivity contribution in [3.63, 3.8) is 0 Å². The van der Waals surface area contributed by atoms with Gasteiger partial charge in [0.25, 0.3) is 5.91 Å². The number of fused-ring (bicyclic) bond motifs is 2. The summed E-state index contributed by atoms with van der Waals surface area (Å²) in [5.74, 6) is 0.995. The number of methoxy groups -OCH3 is 1. The number of anilines is 3. The second-order valence-corrected chi connectivity index (χ2v) is 7.38. The fraction of sp³-hybridized carbons (Fsp3) is 0.0455. The topological polar surface area (TPSA) is 89.3 Å². The third-order valence-electron chi connectivity index (χ3n) is 4.66. The molecule has 2 N–H and O–H groups in total. The van der Waals surface area contributed by atoms with Gasteiger partial charge in [0.1, 0.15) is 17.7 Å². The number of hydrogen-bond acceptors (Lipinski definition) is 7. The number of thiophene rings is 1. The lowest BCUT2D eigenvalue weighted by Crippen LogP contribution is -2.12. The molecule has 0 fully saturated rings. The van der Waals surface area contributed by atoms with Crippen molar-refractivity contribution < 1.29 is 13.9 Å². The number of rotatable bonds is 5. The number of furan rings is 1. The smallest absolute Gasteiger partial charge is 0.258 e. The van der Waals surface area contributed by atoms with Crippen molar-refractivity contribution in [1.29, 1.82) is 0 Å². The number of nitrogens with zero attached hydrogens (tertiary/aromatic N) is 2. The van der Waals surface area contributed by atoms with E-state index in [4.69, 9.17) is 9.15 Å². The van der Waals surface area contributed by atoms with E-state index in [0.29, 0.717) is 33.9 Å². The van der Waals surface area contributed by atoms with Crippen LogP contribution in [0.1, 0.15) is 10.4 Å². The van der Waals surface area contributed by atoms with Crippen molar-refractivity contribution in [2.24, 2.45) is 0 Å². The number of aromatic nitrogens is 2. The summed E-state index contributed by atoms with van der Waals surface area (Å²) in [6.45, 7) is 0. The average molecular weight is 416 g/mol. The van der Waals surface area contributed by atoms with E-state index in [1.54, 1.807) is 37.0 Å². The number of ether oxygens (including phenoxy) is 1. The Kier molecular flexibility index (Phi) is 4.53. The van der Waals surface area contributed by atoms with E-state index in [0.717, 1.165) is 15.8 Å². The Balaban J connectivity index is 1.49. The highest BCUT2D eigenvalue weighted by molar-refractivity contribution is 7.18. The predicted molar refractivity (Wildman–Crippen MR) is 118 cm³/mol. The molecule has 0 aliphatic carbocycles. The van der Waals surface area contributed by atoms with Crippen molar-refractivity contribution in [2.45, 2.75) is 0 Å². The van der Waals surface area contributed by atoms with Crippen LogP contribution in [0.2, 0.25) is 0 Å². The Morgan fingerprint density at radius 3 is 2.83 bits per heavy atom. The van der Waals surface area contributed by atoms with Crippen LogP contribution >= 0.6 is 11.3 Å². The van der Waals surface area contributed by atoms with Gasteiger partial charge in [-0.3, -0.25) is 4.79 Å². The van der Waals surface area contributed by atoms with Crippen LogP contribution in [0.5, 0.6) is 5.75 Å². The average Bonchev–Trinajstić information content (AvgIpc) is 3.42. The molecule has 2 aromatic carbocycles. The molecule has 1 amide bonds. The number of nitrogens with one attached hydrogen (secondary N) is 2. The van der Waals surface area contributed by atoms with Crippen LogP contribution in [-0.2, 0) is 0 Å². The van der Waals surface area contributed by atoms with E-state index < -0.39 is 0 Å². The van der Waals surface area contributed by atoms with Crippen LogP contribution < -0.4 is 15.4 Å². The lowest BCUT2D eigenvalue weighted by Gasteiger charge is -2.08. The van der Waals surface area contributed by atoms with Crippen molar-refractivity contribution in [1.82, 2.24) is 9.97 Å². The zero-order valence-corrected chi connectivity index (χ0v) is 16.7. The van der Waals surface area contributed by atoms with Gasteiger partial charge < -0.3 is 19.8 Å². The summed E-state index contributed by atoms with van der Waals surface area (Å²) >= 11 is 1.42. The minimum Gasteiger partial charge on any atom is -0.497 e. The number of para-hydroxylation sites is 1. The molecule has 8 heteroatoms. The van der Waals surface area contributed by atoms with E-state index in [2.05, 4.69) is 20.6 Å². The molecule has 5 aromatic rings. The molecule has 5 rings (SSSR count). The summed E-state index contributed by atoms with van der Waals surface area (Å²) in [7, 11) is 1.57. The van der Waals surface area contributed by atoms with Gasteiger partial charge in [0.05, 0.1) is 34.8 Å². The first-order valence-corrected chi connectivity index (χ1v) is 10.0. The van der Waals surface area contributed by atoms with Gasteiger partial charge in [0.15, 0.2) is 5.82 Å². The van der Waals surface area contributed by atoms with E-state index in [9.17, 15) is 4.79 Å². The first-order valence-electron chi connectivity index (χ1n) is 9.14. The molecular formula is C22H16N4O3S. The van der Waals surface area contributed by atoms with Crippen molar-refractivity contribution in [3.05, 3.63) is 72.1 Å². The zero-order valence-electron chi connectivity index (χ0n) is 15.9. The Bertz CT molecular complexity index is 1360. The number of benzene rings is 2. The van der Waals surface area contributed by atoms with Crippen LogP contribution in [0.25, 0.3) is 21.2 Å². The molecule has 0 radical (unpaired) electrons. The minimum atomic E-state index is -0.263. The Morgan fingerprint density at radius 2 is 2.00 bits per heavy atom. The second-order valence-electron chi connectivity index (χ2n) is 6.50. The molecule has 0 saturated heterocycles. The van der Waals surface area contributed by atoms with Gasteiger partial charge in [0.2, 0.25) is 0 Å². The maximum Gasteiger partial charge on any atom is 0.258 e. The maximum atomic E-state index is 13.1. The fourth-order valence-corrected chi connectivity index (χ4v) is 4.16. The molecule has 0 bridgehead atoms. The summed E-state index contributed by atoms with van der Waals surface area (Å²) in [5.41, 5.74) is 3.23. The normalized spacial score (nSPS) is 11.0. The largest absolute Gasteiger partial charge is 0.497 e. The van der Waals surface area contributed by atoms with Crippen molar-refractivity contribution >= 4 is 55.6 Å². The second kappa shape index (κ2) is 7.49. The number of carbonyl (C=O) groups is 1. The number of carbonyl (C=O) groups excluding carboxylic acids is 1. The molecule has 3 aromatic heterocycles. The monoisotopic (exact) mass is 416 g/mol. The molecule has 0 saturated carbocycles. The highest BCUT2D eigenvalue weighted by Crippen LogP contribution is 2.33. The SMILES string of the molecule is COc1cc(NC(=O)c2csc3c(Nc4ccccc4)ncnc23)c2ccoc2c1. The summed E-state index contributed by atoms with van der Waals surface area (Å²) in [6.07, 6.45) is 3.03. The molecular weight excluding hydrogens is 400 g/mol. The van der Waals surface area contributed by atoms with Crippen LogP contribution in [-0.4, -0.2) is 23.0 Å². The highest BCUT2D eigenvalue weighted by Gasteiger charge is 2.18. The van der Waals surface area contributed by atoms with Crippen LogP contribution in [0.4, 0.5) is 17.2 Å². The predicted octanol–water partition coefficient (Wildman–Crippen LogP) is 5.44. The lowest BCUT2D eigenvalue weighted by molar-refractivity contribution is 0.102. The van der Waals surface area contributed by atoms with E-state index in [-0.39, 0.29) is 5.91 Å². The summed E-state index contributed by atoms with van der Waals surface area (Å²) in [5, 5.41) is 8.83. The molecule has 30 heavy (non-hydrogen) atoms. The maximum absolute atomic E-state index is 13.1. The van der Waals surface area contributed by atoms with E-state index in [1.165, 1.54) is 17.7 Å². The standard InChI is InChI=1S/C22H16N4O3S/c1-28-14-9-17(15-7-8-29-18(15)10-14)26-22(27)16-11-30-20-19(16)23-12-24-21(20)25-13-5-3-2-4-6-13/h2-12H,1H3,(H,26,27)(H,23,24,25). The van der Waals surface area contributed by atoms with Gasteiger partial charge in [-0.1, -0.05) is 18.2 Å². The summed E-state index contributed by atoms with van der Waals surface area (Å²) < 4.78 is 11.6. The van der Waals surface area contributed by atoms with Gasteiger partial charge in [0, 0.05) is 28.6 Å². The van der Waals surface area contributed by atoms with Gasteiger partial charge >= 0.3 is 0 Å². The van der Waals surface area contributed by atoms with Gasteiger partial charge in [-0.2, -0.15) is 0 Å². The molecule has 0 spiro atoms. The molecule has 3 heterocycles. The van der Waals surface area contributed by atoms with Crippen molar-refractivity contribution in [2.75, 3.05) is 17.7 Å². The third kappa shape index (κ3) is 3.23. The van der Waals surface area contributed by atoms with Crippen molar-refractivity contribution in [3.8, 4) is 5.75 Å². The third-order valence-corrected chi connectivity index (χ3v) is 5.64. The molecule has 0 aliphatic heterocycles. The van der Waals surface area contributed by atoms with Gasteiger partial charge in [-0.25, -0.2) is 9.97 Å². The molecule has 148 valence electrons. The fourth-order valence-electron chi connectivity index (χ4n) is 3.22. The van der Waals surface area contributed by atoms with Gasteiger partial charge in [-0.15, -0.1) is 11.3 Å². The highest BCUT2D eigenvalue weighted by atomic mass is 32.1. The summed E-state index contributed by atoms with van der Waals surface area (Å²) in [6, 6.07) is 15.1. The summed E-state index contributed by atoms with van der Waals surface area (Å²) in [4.78, 5) is 21.8. The number of amides is 1. The van der Waals surface area contributed by atoms with Crippen LogP contribution in [0.15, 0.2) is 70.9 Å². The quantitative estimate of drug-likeness (QED) is 0.396. The first-order chi connectivity index (χ1) is 14.7. The molecule has 7 nitrogen and oxygen atoms in total. The van der Waals surface area contributed by atoms with Crippen LogP contribution in [0.3, 0.4) is 0 Å².